The van der Waals surface area contributed by atoms with Crippen molar-refractivity contribution >= 4 is 17.6 Å². The molecule has 2 aromatic rings. The minimum atomic E-state index is -0.950. The number of rotatable bonds is 5. The molecule has 130 valence electrons. The molecule has 0 bridgehead atoms. The molecular formula is C21H22O4. The summed E-state index contributed by atoms with van der Waals surface area (Å²) in [4.78, 5) is 11.9. The molecule has 1 aliphatic rings. The maximum absolute atomic E-state index is 11.9. The fraction of sp³-hybridized carbons (Fsp3) is 0.286. The third kappa shape index (κ3) is 3.68. The monoisotopic (exact) mass is 338 g/mol. The Labute approximate surface area is 147 Å². The Hall–Kier alpha value is -2.75. The van der Waals surface area contributed by atoms with Crippen molar-refractivity contribution in [1.29, 1.82) is 0 Å². The highest BCUT2D eigenvalue weighted by molar-refractivity contribution is 6.20. The average Bonchev–Trinajstić information content (AvgIpc) is 2.65. The highest BCUT2D eigenvalue weighted by atomic mass is 16.5. The van der Waals surface area contributed by atoms with Gasteiger partial charge in [-0.05, 0) is 60.6 Å². The Bertz CT molecular complexity index is 821. The summed E-state index contributed by atoms with van der Waals surface area (Å²) in [7, 11) is 3.14. The van der Waals surface area contributed by atoms with Gasteiger partial charge in [0.25, 0.3) is 0 Å². The van der Waals surface area contributed by atoms with Gasteiger partial charge in [-0.3, -0.25) is 0 Å². The lowest BCUT2D eigenvalue weighted by molar-refractivity contribution is -0.130. The van der Waals surface area contributed by atoms with E-state index in [9.17, 15) is 9.90 Å². The number of carboxylic acid groups (broad SMARTS) is 1. The highest BCUT2D eigenvalue weighted by Gasteiger charge is 2.16. The van der Waals surface area contributed by atoms with Crippen molar-refractivity contribution in [2.45, 2.75) is 25.7 Å². The summed E-state index contributed by atoms with van der Waals surface area (Å²) in [6.07, 6.45) is 6.12. The number of benzene rings is 2. The Kier molecular flexibility index (Phi) is 5.08. The van der Waals surface area contributed by atoms with E-state index in [0.29, 0.717) is 17.1 Å². The van der Waals surface area contributed by atoms with Gasteiger partial charge < -0.3 is 14.6 Å². The number of aliphatic carboxylic acids is 1. The molecule has 0 radical (unpaired) electrons. The van der Waals surface area contributed by atoms with Crippen LogP contribution >= 0.6 is 0 Å². The highest BCUT2D eigenvalue weighted by Crippen LogP contribution is 2.30. The van der Waals surface area contributed by atoms with Crippen molar-refractivity contribution in [3.63, 3.8) is 0 Å². The normalized spacial score (nSPS) is 13.9. The zero-order chi connectivity index (χ0) is 17.8. The van der Waals surface area contributed by atoms with E-state index in [1.54, 1.807) is 38.5 Å². The molecule has 0 aliphatic heterocycles. The van der Waals surface area contributed by atoms with Gasteiger partial charge in [0.1, 0.15) is 11.5 Å². The number of ether oxygens (including phenoxy) is 2. The topological polar surface area (TPSA) is 55.8 Å². The molecule has 0 atom stereocenters. The Morgan fingerprint density at radius 1 is 1.00 bits per heavy atom. The number of methoxy groups -OCH3 is 2. The van der Waals surface area contributed by atoms with Gasteiger partial charge in [0.05, 0.1) is 19.8 Å². The summed E-state index contributed by atoms with van der Waals surface area (Å²) in [5.74, 6) is 0.296. The molecular weight excluding hydrogens is 316 g/mol. The summed E-state index contributed by atoms with van der Waals surface area (Å²) in [5.41, 5.74) is 4.29. The molecule has 1 aliphatic carbocycles. The average molecular weight is 338 g/mol. The van der Waals surface area contributed by atoms with Crippen LogP contribution < -0.4 is 9.47 Å². The fourth-order valence-corrected chi connectivity index (χ4v) is 3.26. The molecule has 0 saturated carbocycles. The van der Waals surface area contributed by atoms with E-state index in [-0.39, 0.29) is 5.57 Å². The van der Waals surface area contributed by atoms with Gasteiger partial charge in [0.2, 0.25) is 0 Å². The predicted octanol–water partition coefficient (Wildman–Crippen LogP) is 4.21. The Morgan fingerprint density at radius 3 is 2.44 bits per heavy atom. The summed E-state index contributed by atoms with van der Waals surface area (Å²) >= 11 is 0. The minimum absolute atomic E-state index is 0.261. The van der Waals surface area contributed by atoms with Crippen LogP contribution in [-0.2, 0) is 17.6 Å². The maximum Gasteiger partial charge on any atom is 0.336 e. The van der Waals surface area contributed by atoms with Crippen LogP contribution in [0.5, 0.6) is 11.5 Å². The molecule has 0 fully saturated rings. The van der Waals surface area contributed by atoms with E-state index in [1.165, 1.54) is 17.5 Å². The largest absolute Gasteiger partial charge is 0.497 e. The molecule has 0 aromatic heterocycles. The van der Waals surface area contributed by atoms with Crippen LogP contribution in [0.3, 0.4) is 0 Å². The van der Waals surface area contributed by atoms with E-state index >= 15 is 0 Å². The van der Waals surface area contributed by atoms with Crippen LogP contribution in [-0.4, -0.2) is 25.3 Å². The molecule has 25 heavy (non-hydrogen) atoms. The number of fused-ring (bicyclic) bond motifs is 1. The predicted molar refractivity (Wildman–Crippen MR) is 98.1 cm³/mol. The van der Waals surface area contributed by atoms with Crippen LogP contribution in [0.2, 0.25) is 0 Å². The number of aryl methyl sites for hydroxylation is 2. The van der Waals surface area contributed by atoms with Crippen molar-refractivity contribution in [2.75, 3.05) is 14.2 Å². The standard InChI is InChI=1S/C21H22O4/c1-24-18-10-9-17(20(13-18)25-2)12-19(21(22)23)16-8-7-14-5-3-4-6-15(14)11-16/h7-13H,3-6H2,1-2H3,(H,22,23)/b19-12-. The Balaban J connectivity index is 2.04. The van der Waals surface area contributed by atoms with Crippen LogP contribution in [0.25, 0.3) is 11.6 Å². The van der Waals surface area contributed by atoms with Crippen LogP contribution in [0, 0.1) is 0 Å². The molecule has 4 heteroatoms. The molecule has 0 unspecified atom stereocenters. The number of hydrogen-bond acceptors (Lipinski definition) is 3. The number of carbonyl (C=O) groups is 1. The third-order valence-electron chi connectivity index (χ3n) is 4.63. The van der Waals surface area contributed by atoms with Crippen molar-refractivity contribution in [2.24, 2.45) is 0 Å². The lowest BCUT2D eigenvalue weighted by atomic mass is 9.88. The van der Waals surface area contributed by atoms with E-state index < -0.39 is 5.97 Å². The van der Waals surface area contributed by atoms with Gasteiger partial charge in [-0.25, -0.2) is 4.79 Å². The lowest BCUT2D eigenvalue weighted by Crippen LogP contribution is -2.05. The smallest absolute Gasteiger partial charge is 0.336 e. The van der Waals surface area contributed by atoms with Gasteiger partial charge in [-0.1, -0.05) is 18.2 Å². The quantitative estimate of drug-likeness (QED) is 0.655. The summed E-state index contributed by atoms with van der Waals surface area (Å²) in [6, 6.07) is 11.3. The van der Waals surface area contributed by atoms with Gasteiger partial charge in [0, 0.05) is 11.6 Å². The second kappa shape index (κ2) is 7.43. The number of hydrogen-bond donors (Lipinski definition) is 1. The van der Waals surface area contributed by atoms with Crippen molar-refractivity contribution < 1.29 is 19.4 Å². The zero-order valence-corrected chi connectivity index (χ0v) is 14.5. The van der Waals surface area contributed by atoms with Gasteiger partial charge in [-0.2, -0.15) is 0 Å². The van der Waals surface area contributed by atoms with E-state index in [4.69, 9.17) is 9.47 Å². The first-order valence-corrected chi connectivity index (χ1v) is 8.41. The first-order chi connectivity index (χ1) is 12.1. The van der Waals surface area contributed by atoms with Crippen LogP contribution in [0.15, 0.2) is 36.4 Å². The van der Waals surface area contributed by atoms with E-state index in [2.05, 4.69) is 6.07 Å². The molecule has 2 aromatic carbocycles. The van der Waals surface area contributed by atoms with Crippen molar-refractivity contribution in [3.8, 4) is 11.5 Å². The molecule has 4 nitrogen and oxygen atoms in total. The lowest BCUT2D eigenvalue weighted by Gasteiger charge is -2.17. The van der Waals surface area contributed by atoms with Gasteiger partial charge in [0.15, 0.2) is 0 Å². The van der Waals surface area contributed by atoms with Crippen molar-refractivity contribution in [3.05, 3.63) is 58.7 Å². The third-order valence-corrected chi connectivity index (χ3v) is 4.63. The molecule has 0 heterocycles. The molecule has 3 rings (SSSR count). The van der Waals surface area contributed by atoms with Crippen LogP contribution in [0.1, 0.15) is 35.1 Å². The maximum atomic E-state index is 11.9. The fourth-order valence-electron chi connectivity index (χ4n) is 3.26. The molecule has 1 N–H and O–H groups in total. The SMILES string of the molecule is COc1ccc(/C=C(\C(=O)O)c2ccc3c(c2)CCCC3)c(OC)c1. The number of carboxylic acids is 1. The van der Waals surface area contributed by atoms with Gasteiger partial charge in [-0.15, -0.1) is 0 Å². The summed E-state index contributed by atoms with van der Waals surface area (Å²) in [5, 5.41) is 9.72. The second-order valence-electron chi connectivity index (χ2n) is 6.16. The molecule has 0 spiro atoms. The first-order valence-electron chi connectivity index (χ1n) is 8.41. The van der Waals surface area contributed by atoms with Crippen molar-refractivity contribution in [1.82, 2.24) is 0 Å². The molecule has 0 amide bonds. The summed E-state index contributed by atoms with van der Waals surface area (Å²) in [6.45, 7) is 0. The minimum Gasteiger partial charge on any atom is -0.497 e. The Morgan fingerprint density at radius 2 is 1.76 bits per heavy atom. The molecule has 0 saturated heterocycles. The first kappa shape index (κ1) is 17.1. The zero-order valence-electron chi connectivity index (χ0n) is 14.5. The second-order valence-corrected chi connectivity index (χ2v) is 6.16. The summed E-state index contributed by atoms with van der Waals surface area (Å²) < 4.78 is 10.6. The van der Waals surface area contributed by atoms with E-state index in [0.717, 1.165) is 24.8 Å². The van der Waals surface area contributed by atoms with E-state index in [1.807, 2.05) is 12.1 Å². The van der Waals surface area contributed by atoms with Gasteiger partial charge >= 0.3 is 5.97 Å². The van der Waals surface area contributed by atoms with Crippen LogP contribution in [0.4, 0.5) is 0 Å².